The summed E-state index contributed by atoms with van der Waals surface area (Å²) in [6.07, 6.45) is 3.20. The average molecular weight is 476 g/mol. The summed E-state index contributed by atoms with van der Waals surface area (Å²) in [6.45, 7) is 14.0. The summed E-state index contributed by atoms with van der Waals surface area (Å²) in [5.74, 6) is 1.33. The number of ether oxygens (including phenoxy) is 4. The molecule has 1 amide bonds. The highest BCUT2D eigenvalue weighted by Gasteiger charge is 2.56. The molecule has 0 aromatic heterocycles. The van der Waals surface area contributed by atoms with Crippen LogP contribution in [-0.2, 0) is 14.2 Å². The van der Waals surface area contributed by atoms with Gasteiger partial charge in [0, 0.05) is 18.0 Å². The minimum absolute atomic E-state index is 0.0290. The lowest BCUT2D eigenvalue weighted by molar-refractivity contribution is -0.231. The molecule has 1 N–H and O–H groups in total. The van der Waals surface area contributed by atoms with E-state index in [1.807, 2.05) is 32.9 Å². The van der Waals surface area contributed by atoms with Gasteiger partial charge in [-0.2, -0.15) is 0 Å². The molecular formula is C27H41NO6. The van der Waals surface area contributed by atoms with Gasteiger partial charge >= 0.3 is 6.09 Å². The number of amides is 1. The Bertz CT molecular complexity index is 896. The Morgan fingerprint density at radius 3 is 2.79 bits per heavy atom. The molecule has 4 atom stereocenters. The van der Waals surface area contributed by atoms with Gasteiger partial charge in [0.15, 0.2) is 11.5 Å². The molecule has 4 rings (SSSR count). The van der Waals surface area contributed by atoms with Gasteiger partial charge in [0.2, 0.25) is 0 Å². The molecule has 0 aliphatic carbocycles. The summed E-state index contributed by atoms with van der Waals surface area (Å²) in [5.41, 5.74) is -0.779. The van der Waals surface area contributed by atoms with Gasteiger partial charge in [0.1, 0.15) is 16.8 Å². The van der Waals surface area contributed by atoms with Crippen LogP contribution in [0.4, 0.5) is 4.79 Å². The fourth-order valence-corrected chi connectivity index (χ4v) is 5.59. The van der Waals surface area contributed by atoms with E-state index < -0.39 is 16.8 Å². The van der Waals surface area contributed by atoms with Crippen molar-refractivity contribution in [1.82, 2.24) is 4.90 Å². The molecule has 0 saturated carbocycles. The summed E-state index contributed by atoms with van der Waals surface area (Å²) < 4.78 is 25.1. The van der Waals surface area contributed by atoms with Crippen LogP contribution < -0.4 is 4.74 Å². The smallest absolute Gasteiger partial charge is 0.410 e. The molecule has 190 valence electrons. The van der Waals surface area contributed by atoms with Crippen LogP contribution in [0.25, 0.3) is 0 Å². The number of phenolic OH excluding ortho intramolecular Hbond substituents is 1. The predicted octanol–water partition coefficient (Wildman–Crippen LogP) is 5.45. The molecule has 0 unspecified atom stereocenters. The lowest BCUT2D eigenvalue weighted by atomic mass is 9.69. The van der Waals surface area contributed by atoms with Crippen LogP contribution in [0, 0.1) is 11.8 Å². The molecule has 3 aliphatic heterocycles. The zero-order chi connectivity index (χ0) is 24.7. The summed E-state index contributed by atoms with van der Waals surface area (Å²) >= 11 is 0. The van der Waals surface area contributed by atoms with Crippen LogP contribution in [-0.4, -0.2) is 59.2 Å². The number of carbonyl (C=O) groups is 1. The topological polar surface area (TPSA) is 77.5 Å². The number of morpholine rings is 1. The van der Waals surface area contributed by atoms with Gasteiger partial charge in [0.25, 0.3) is 0 Å². The molecule has 1 aromatic carbocycles. The standard InChI is InChI=1S/C27H41NO6/c1-18(2)9-8-12-26(6)20-15-27(16-28(13-14-32-27)24(30)34-25(3,4)5)17-31-22(20)19-10-7-11-21(29)23(19)33-26/h7,10-11,18,20,22,29H,8-9,12-17H2,1-6H3/t20-,22+,26+,27-/m0/s1. The maximum absolute atomic E-state index is 12.8. The number of hydrogen-bond acceptors (Lipinski definition) is 6. The minimum atomic E-state index is -0.604. The number of fused-ring (bicyclic) bond motifs is 3. The number of phenols is 1. The van der Waals surface area contributed by atoms with Crippen molar-refractivity contribution in [3.8, 4) is 11.5 Å². The lowest BCUT2D eigenvalue weighted by Gasteiger charge is -2.55. The van der Waals surface area contributed by atoms with Crippen molar-refractivity contribution < 1.29 is 28.8 Å². The second-order valence-electron chi connectivity index (χ2n) is 11.9. The van der Waals surface area contributed by atoms with Crippen molar-refractivity contribution in [3.63, 3.8) is 0 Å². The molecule has 2 fully saturated rings. The Hall–Kier alpha value is -1.99. The molecule has 3 aliphatic rings. The molecule has 7 heteroatoms. The predicted molar refractivity (Wildman–Crippen MR) is 129 cm³/mol. The second-order valence-corrected chi connectivity index (χ2v) is 11.9. The highest BCUT2D eigenvalue weighted by atomic mass is 16.6. The summed E-state index contributed by atoms with van der Waals surface area (Å²) in [4.78, 5) is 14.6. The highest BCUT2D eigenvalue weighted by Crippen LogP contribution is 2.55. The van der Waals surface area contributed by atoms with Gasteiger partial charge in [-0.25, -0.2) is 4.79 Å². The van der Waals surface area contributed by atoms with Crippen LogP contribution in [0.3, 0.4) is 0 Å². The van der Waals surface area contributed by atoms with E-state index in [-0.39, 0.29) is 23.9 Å². The minimum Gasteiger partial charge on any atom is -0.504 e. The van der Waals surface area contributed by atoms with E-state index in [4.69, 9.17) is 18.9 Å². The van der Waals surface area contributed by atoms with Gasteiger partial charge in [-0.05, 0) is 58.9 Å². The molecule has 1 spiro atoms. The quantitative estimate of drug-likeness (QED) is 0.624. The number of para-hydroxylation sites is 1. The monoisotopic (exact) mass is 475 g/mol. The second kappa shape index (κ2) is 9.23. The van der Waals surface area contributed by atoms with E-state index in [0.717, 1.165) is 24.8 Å². The molecule has 2 saturated heterocycles. The van der Waals surface area contributed by atoms with E-state index in [1.54, 1.807) is 11.0 Å². The first-order valence-corrected chi connectivity index (χ1v) is 12.7. The SMILES string of the molecule is CC(C)CCC[C@@]1(C)Oc2c(O)cccc2[C@H]2OC[C@]3(C[C@@H]21)CN(C(=O)OC(C)(C)C)CCO3. The number of hydrogen-bond donors (Lipinski definition) is 1. The van der Waals surface area contributed by atoms with Crippen LogP contribution in [0.2, 0.25) is 0 Å². The number of rotatable bonds is 4. The lowest BCUT2D eigenvalue weighted by Crippen LogP contribution is -2.63. The summed E-state index contributed by atoms with van der Waals surface area (Å²) in [5, 5.41) is 10.6. The van der Waals surface area contributed by atoms with Crippen LogP contribution in [0.1, 0.15) is 78.9 Å². The maximum atomic E-state index is 12.8. The van der Waals surface area contributed by atoms with Crippen molar-refractivity contribution in [2.24, 2.45) is 11.8 Å². The number of nitrogens with zero attached hydrogens (tertiary/aromatic N) is 1. The third-order valence-electron chi connectivity index (χ3n) is 7.29. The van der Waals surface area contributed by atoms with Crippen molar-refractivity contribution in [3.05, 3.63) is 23.8 Å². The van der Waals surface area contributed by atoms with Crippen LogP contribution in [0.15, 0.2) is 18.2 Å². The van der Waals surface area contributed by atoms with Crippen molar-refractivity contribution >= 4 is 6.09 Å². The summed E-state index contributed by atoms with van der Waals surface area (Å²) in [7, 11) is 0. The Morgan fingerprint density at radius 2 is 2.09 bits per heavy atom. The molecule has 0 bridgehead atoms. The van der Waals surface area contributed by atoms with Crippen molar-refractivity contribution in [2.45, 2.75) is 90.1 Å². The highest BCUT2D eigenvalue weighted by molar-refractivity contribution is 5.68. The van der Waals surface area contributed by atoms with Crippen LogP contribution in [0.5, 0.6) is 11.5 Å². The van der Waals surface area contributed by atoms with E-state index >= 15 is 0 Å². The molecule has 1 aromatic rings. The number of aromatic hydroxyl groups is 1. The first-order valence-electron chi connectivity index (χ1n) is 12.7. The van der Waals surface area contributed by atoms with Crippen molar-refractivity contribution in [1.29, 1.82) is 0 Å². The third kappa shape index (κ3) is 5.15. The van der Waals surface area contributed by atoms with Gasteiger partial charge in [-0.1, -0.05) is 32.4 Å². The fourth-order valence-electron chi connectivity index (χ4n) is 5.59. The largest absolute Gasteiger partial charge is 0.504 e. The zero-order valence-electron chi connectivity index (χ0n) is 21.6. The molecule has 34 heavy (non-hydrogen) atoms. The van der Waals surface area contributed by atoms with Crippen molar-refractivity contribution in [2.75, 3.05) is 26.3 Å². The maximum Gasteiger partial charge on any atom is 0.410 e. The molecule has 7 nitrogen and oxygen atoms in total. The Kier molecular flexibility index (Phi) is 6.82. The molecular weight excluding hydrogens is 434 g/mol. The Morgan fingerprint density at radius 1 is 1.32 bits per heavy atom. The van der Waals surface area contributed by atoms with Gasteiger partial charge in [0.05, 0.1) is 25.9 Å². The third-order valence-corrected chi connectivity index (χ3v) is 7.29. The van der Waals surface area contributed by atoms with E-state index in [9.17, 15) is 9.90 Å². The Labute approximate surface area is 203 Å². The normalized spacial score (nSPS) is 31.1. The first-order chi connectivity index (χ1) is 15.9. The Balaban J connectivity index is 1.59. The van der Waals surface area contributed by atoms with E-state index in [0.29, 0.717) is 44.4 Å². The van der Waals surface area contributed by atoms with E-state index in [2.05, 4.69) is 20.8 Å². The van der Waals surface area contributed by atoms with E-state index in [1.165, 1.54) is 0 Å². The van der Waals surface area contributed by atoms with Gasteiger partial charge < -0.3 is 29.0 Å². The fraction of sp³-hybridized carbons (Fsp3) is 0.741. The molecule has 0 radical (unpaired) electrons. The number of carbonyl (C=O) groups excluding carboxylic acids is 1. The first kappa shape index (κ1) is 25.1. The summed E-state index contributed by atoms with van der Waals surface area (Å²) in [6, 6.07) is 5.49. The number of benzene rings is 1. The molecule has 3 heterocycles. The van der Waals surface area contributed by atoms with Crippen LogP contribution >= 0.6 is 0 Å². The zero-order valence-corrected chi connectivity index (χ0v) is 21.6. The van der Waals surface area contributed by atoms with Gasteiger partial charge in [-0.15, -0.1) is 0 Å². The average Bonchev–Trinajstić information content (AvgIpc) is 2.74. The van der Waals surface area contributed by atoms with Gasteiger partial charge in [-0.3, -0.25) is 0 Å².